The molecule has 8 aromatic rings. The summed E-state index contributed by atoms with van der Waals surface area (Å²) in [5, 5.41) is 2.65. The van der Waals surface area contributed by atoms with E-state index in [0.717, 1.165) is 50.2 Å². The Morgan fingerprint density at radius 1 is 0.370 bits per heavy atom. The molecule has 1 aromatic heterocycles. The van der Waals surface area contributed by atoms with Crippen LogP contribution in [0.5, 0.6) is 0 Å². The minimum atomic E-state index is -0.0231. The molecule has 0 N–H and O–H groups in total. The highest BCUT2D eigenvalue weighted by Gasteiger charge is 2.18. The lowest BCUT2D eigenvalue weighted by Crippen LogP contribution is -2.19. The largest absolute Gasteiger partial charge is 0.310 e. The van der Waals surface area contributed by atoms with Gasteiger partial charge in [-0.2, -0.15) is 0 Å². The van der Waals surface area contributed by atoms with Crippen molar-refractivity contribution in [1.82, 2.24) is 4.57 Å². The molecule has 8 rings (SSSR count). The van der Waals surface area contributed by atoms with E-state index in [0.29, 0.717) is 5.39 Å². The minimum absolute atomic E-state index is 0.0231. The van der Waals surface area contributed by atoms with Crippen LogP contribution in [0.25, 0.3) is 49.6 Å². The van der Waals surface area contributed by atoms with Crippen LogP contribution in [0.4, 0.5) is 17.1 Å². The van der Waals surface area contributed by atoms with E-state index in [1.807, 2.05) is 65.2 Å². The summed E-state index contributed by atoms with van der Waals surface area (Å²) in [6.45, 7) is 0. The fourth-order valence-electron chi connectivity index (χ4n) is 6.40. The Bertz CT molecular complexity index is 2300. The summed E-state index contributed by atoms with van der Waals surface area (Å²) >= 11 is 0. The van der Waals surface area contributed by atoms with E-state index >= 15 is 0 Å². The highest BCUT2D eigenvalue weighted by Crippen LogP contribution is 2.40. The number of hydrogen-bond acceptors (Lipinski definition) is 2. The minimum Gasteiger partial charge on any atom is -0.310 e. The molecule has 1 heterocycles. The number of pyridine rings is 1. The monoisotopic (exact) mass is 590 g/mol. The van der Waals surface area contributed by atoms with E-state index in [1.165, 1.54) is 11.1 Å². The van der Waals surface area contributed by atoms with Gasteiger partial charge in [0, 0.05) is 33.5 Å². The van der Waals surface area contributed by atoms with Crippen molar-refractivity contribution < 1.29 is 0 Å². The van der Waals surface area contributed by atoms with Crippen molar-refractivity contribution >= 4 is 38.7 Å². The zero-order valence-electron chi connectivity index (χ0n) is 25.1. The van der Waals surface area contributed by atoms with Gasteiger partial charge < -0.3 is 4.90 Å². The van der Waals surface area contributed by atoms with Crippen LogP contribution < -0.4 is 10.5 Å². The molecule has 0 atom stereocenters. The number of benzene rings is 7. The number of hydrogen-bond donors (Lipinski definition) is 0. The van der Waals surface area contributed by atoms with Crippen LogP contribution in [-0.4, -0.2) is 4.57 Å². The topological polar surface area (TPSA) is 25.2 Å². The molecular formula is C43H30N2O. The fourth-order valence-corrected chi connectivity index (χ4v) is 6.40. The van der Waals surface area contributed by atoms with Crippen LogP contribution in [-0.2, 0) is 0 Å². The van der Waals surface area contributed by atoms with E-state index in [9.17, 15) is 4.79 Å². The summed E-state index contributed by atoms with van der Waals surface area (Å²) in [6, 6.07) is 62.6. The number of aromatic nitrogens is 1. The molecular weight excluding hydrogens is 560 g/mol. The molecule has 0 radical (unpaired) electrons. The van der Waals surface area contributed by atoms with Gasteiger partial charge in [0.2, 0.25) is 0 Å². The second-order valence-electron chi connectivity index (χ2n) is 11.4. The second kappa shape index (κ2) is 11.7. The quantitative estimate of drug-likeness (QED) is 0.180. The Hall–Kier alpha value is -6.19. The number of nitrogens with zero attached hydrogens (tertiary/aromatic N) is 2. The molecule has 0 bridgehead atoms. The van der Waals surface area contributed by atoms with Crippen molar-refractivity contribution in [3.63, 3.8) is 0 Å². The molecule has 0 spiro atoms. The SMILES string of the molecule is O=c1c2ccccc2c2cc(N(c3cccc(-c4ccccc4)c3)c3cccc(-c4ccccc4)c3)ccc2n1-c1ccccc1. The maximum atomic E-state index is 13.9. The van der Waals surface area contributed by atoms with E-state index in [4.69, 9.17) is 0 Å². The highest BCUT2D eigenvalue weighted by molar-refractivity contribution is 6.07. The molecule has 3 nitrogen and oxygen atoms in total. The predicted molar refractivity (Wildman–Crippen MR) is 193 cm³/mol. The second-order valence-corrected chi connectivity index (χ2v) is 11.4. The predicted octanol–water partition coefficient (Wildman–Crippen LogP) is 10.9. The molecule has 0 aliphatic rings. The van der Waals surface area contributed by atoms with Gasteiger partial charge >= 0.3 is 0 Å². The van der Waals surface area contributed by atoms with Gasteiger partial charge in [0.15, 0.2) is 0 Å². The van der Waals surface area contributed by atoms with E-state index in [2.05, 4.69) is 126 Å². The number of fused-ring (bicyclic) bond motifs is 3. The third-order valence-electron chi connectivity index (χ3n) is 8.57. The molecule has 0 amide bonds. The van der Waals surface area contributed by atoms with Crippen LogP contribution >= 0.6 is 0 Å². The lowest BCUT2D eigenvalue weighted by Gasteiger charge is -2.27. The first-order chi connectivity index (χ1) is 22.7. The van der Waals surface area contributed by atoms with Crippen LogP contribution in [0.15, 0.2) is 187 Å². The normalized spacial score (nSPS) is 11.1. The summed E-state index contributed by atoms with van der Waals surface area (Å²) < 4.78 is 1.83. The molecule has 0 saturated carbocycles. The Morgan fingerprint density at radius 2 is 0.848 bits per heavy atom. The number of rotatable bonds is 6. The molecule has 218 valence electrons. The molecule has 0 saturated heterocycles. The maximum absolute atomic E-state index is 13.9. The van der Waals surface area contributed by atoms with Crippen molar-refractivity contribution in [3.05, 3.63) is 192 Å². The Labute approximate surface area is 267 Å². The van der Waals surface area contributed by atoms with E-state index in [-0.39, 0.29) is 5.56 Å². The zero-order valence-corrected chi connectivity index (χ0v) is 25.1. The molecule has 46 heavy (non-hydrogen) atoms. The fraction of sp³-hybridized carbons (Fsp3) is 0. The van der Waals surface area contributed by atoms with Crippen LogP contribution in [0.3, 0.4) is 0 Å². The summed E-state index contributed by atoms with van der Waals surface area (Å²) in [6.07, 6.45) is 0. The van der Waals surface area contributed by atoms with Crippen molar-refractivity contribution in [1.29, 1.82) is 0 Å². The van der Waals surface area contributed by atoms with Gasteiger partial charge in [-0.15, -0.1) is 0 Å². The highest BCUT2D eigenvalue weighted by atomic mass is 16.1. The number of anilines is 3. The average Bonchev–Trinajstić information content (AvgIpc) is 3.13. The summed E-state index contributed by atoms with van der Waals surface area (Å²) in [5.74, 6) is 0. The first-order valence-corrected chi connectivity index (χ1v) is 15.5. The molecule has 0 aliphatic heterocycles. The van der Waals surface area contributed by atoms with Crippen LogP contribution in [0.2, 0.25) is 0 Å². The first-order valence-electron chi connectivity index (χ1n) is 15.5. The molecule has 0 fully saturated rings. The molecule has 0 aliphatic carbocycles. The van der Waals surface area contributed by atoms with Crippen LogP contribution in [0.1, 0.15) is 0 Å². The van der Waals surface area contributed by atoms with Gasteiger partial charge in [-0.1, -0.05) is 121 Å². The third-order valence-corrected chi connectivity index (χ3v) is 8.57. The van der Waals surface area contributed by atoms with Crippen LogP contribution in [0, 0.1) is 0 Å². The summed E-state index contributed by atoms with van der Waals surface area (Å²) in [4.78, 5) is 16.2. The van der Waals surface area contributed by atoms with E-state index in [1.54, 1.807) is 0 Å². The van der Waals surface area contributed by atoms with Crippen molar-refractivity contribution in [2.24, 2.45) is 0 Å². The molecule has 0 unspecified atom stereocenters. The standard InChI is InChI=1S/C43H30N2O/c46-43-40-25-11-10-24-39(40)41-30-38(26-27-42(41)45(43)35-20-8-3-9-21-35)44(36-22-12-18-33(28-36)31-14-4-1-5-15-31)37-23-13-19-34(29-37)32-16-6-2-7-17-32/h1-30H. The van der Waals surface area contributed by atoms with Gasteiger partial charge in [0.25, 0.3) is 5.56 Å². The Kier molecular flexibility index (Phi) is 6.97. The van der Waals surface area contributed by atoms with E-state index < -0.39 is 0 Å². The Balaban J connectivity index is 1.38. The average molecular weight is 591 g/mol. The maximum Gasteiger partial charge on any atom is 0.263 e. The van der Waals surface area contributed by atoms with Gasteiger partial charge in [-0.3, -0.25) is 9.36 Å². The van der Waals surface area contributed by atoms with Crippen molar-refractivity contribution in [2.45, 2.75) is 0 Å². The number of para-hydroxylation sites is 1. The third kappa shape index (κ3) is 4.94. The summed E-state index contributed by atoms with van der Waals surface area (Å²) in [5.41, 5.74) is 9.42. The lowest BCUT2D eigenvalue weighted by atomic mass is 10.0. The zero-order chi connectivity index (χ0) is 30.9. The Morgan fingerprint density at radius 3 is 1.43 bits per heavy atom. The molecule has 7 aromatic carbocycles. The van der Waals surface area contributed by atoms with Gasteiger partial charge in [0.05, 0.1) is 5.52 Å². The van der Waals surface area contributed by atoms with Crippen molar-refractivity contribution in [2.75, 3.05) is 4.90 Å². The van der Waals surface area contributed by atoms with Gasteiger partial charge in [0.1, 0.15) is 0 Å². The van der Waals surface area contributed by atoms with Gasteiger partial charge in [-0.05, 0) is 88.3 Å². The first kappa shape index (κ1) is 27.4. The lowest BCUT2D eigenvalue weighted by molar-refractivity contribution is 1.06. The summed E-state index contributed by atoms with van der Waals surface area (Å²) in [7, 11) is 0. The van der Waals surface area contributed by atoms with Gasteiger partial charge in [-0.25, -0.2) is 0 Å². The molecule has 3 heteroatoms. The van der Waals surface area contributed by atoms with Crippen molar-refractivity contribution in [3.8, 4) is 27.9 Å². The smallest absolute Gasteiger partial charge is 0.263 e.